The predicted octanol–water partition coefficient (Wildman–Crippen LogP) is 4.06. The van der Waals surface area contributed by atoms with Crippen LogP contribution in [0.5, 0.6) is 11.5 Å². The van der Waals surface area contributed by atoms with Crippen LogP contribution in [-0.2, 0) is 4.79 Å². The number of hydrogen-bond donors (Lipinski definition) is 2. The highest BCUT2D eigenvalue weighted by molar-refractivity contribution is 6.33. The molecule has 124 valence electrons. The average molecular weight is 357 g/mol. The van der Waals surface area contributed by atoms with Crippen molar-refractivity contribution in [3.05, 3.63) is 41.6 Å². The summed E-state index contributed by atoms with van der Waals surface area (Å²) in [4.78, 5) is 11.1. The molecule has 2 aromatic carbocycles. The normalized spacial score (nSPS) is 11.7. The van der Waals surface area contributed by atoms with Crippen LogP contribution in [-0.4, -0.2) is 27.4 Å². The van der Waals surface area contributed by atoms with Crippen molar-refractivity contribution in [3.63, 3.8) is 0 Å². The SMILES string of the molecule is O=C(Oc1cc(-c2ccc(O)cc2Cl)cc2[nH]ncc12)C(F)(F)F. The summed E-state index contributed by atoms with van der Waals surface area (Å²) < 4.78 is 41.8. The number of hydrogen-bond acceptors (Lipinski definition) is 4. The number of carbonyl (C=O) groups excluding carboxylic acids is 1. The molecular formula is C15H8ClF3N2O3. The van der Waals surface area contributed by atoms with E-state index in [9.17, 15) is 23.1 Å². The molecule has 5 nitrogen and oxygen atoms in total. The molecule has 0 spiro atoms. The van der Waals surface area contributed by atoms with Gasteiger partial charge in [0.25, 0.3) is 0 Å². The van der Waals surface area contributed by atoms with Gasteiger partial charge < -0.3 is 9.84 Å². The van der Waals surface area contributed by atoms with Gasteiger partial charge in [0, 0.05) is 5.56 Å². The van der Waals surface area contributed by atoms with Crippen LogP contribution >= 0.6 is 11.6 Å². The maximum Gasteiger partial charge on any atom is 0.491 e. The number of benzene rings is 2. The Morgan fingerprint density at radius 2 is 2.00 bits per heavy atom. The number of alkyl halides is 3. The van der Waals surface area contributed by atoms with E-state index in [1.807, 2.05) is 0 Å². The van der Waals surface area contributed by atoms with Crippen LogP contribution in [0.4, 0.5) is 13.2 Å². The number of ether oxygens (including phenoxy) is 1. The summed E-state index contributed by atoms with van der Waals surface area (Å²) in [5.74, 6) is -2.70. The van der Waals surface area contributed by atoms with E-state index >= 15 is 0 Å². The summed E-state index contributed by atoms with van der Waals surface area (Å²) in [5.41, 5.74) is 1.19. The number of halogens is 4. The van der Waals surface area contributed by atoms with E-state index in [0.717, 1.165) is 0 Å². The third kappa shape index (κ3) is 3.00. The highest BCUT2D eigenvalue weighted by Crippen LogP contribution is 2.36. The predicted molar refractivity (Wildman–Crippen MR) is 79.9 cm³/mol. The van der Waals surface area contributed by atoms with Crippen molar-refractivity contribution in [3.8, 4) is 22.6 Å². The number of fused-ring (bicyclic) bond motifs is 1. The van der Waals surface area contributed by atoms with Gasteiger partial charge >= 0.3 is 12.1 Å². The number of aromatic amines is 1. The zero-order valence-electron chi connectivity index (χ0n) is 11.7. The summed E-state index contributed by atoms with van der Waals surface area (Å²) in [7, 11) is 0. The highest BCUT2D eigenvalue weighted by atomic mass is 35.5. The van der Waals surface area contributed by atoms with Crippen LogP contribution in [0, 0.1) is 0 Å². The molecule has 0 fully saturated rings. The lowest BCUT2D eigenvalue weighted by Gasteiger charge is -2.11. The minimum absolute atomic E-state index is 0.0601. The molecule has 1 aromatic heterocycles. The Morgan fingerprint density at radius 1 is 1.25 bits per heavy atom. The van der Waals surface area contributed by atoms with E-state index in [2.05, 4.69) is 14.9 Å². The van der Waals surface area contributed by atoms with Gasteiger partial charge in [-0.05, 0) is 35.9 Å². The summed E-state index contributed by atoms with van der Waals surface area (Å²) in [6.07, 6.45) is -3.88. The van der Waals surface area contributed by atoms with Gasteiger partial charge in [-0.15, -0.1) is 0 Å². The van der Waals surface area contributed by atoms with Crippen LogP contribution in [0.2, 0.25) is 5.02 Å². The molecule has 0 bridgehead atoms. The monoisotopic (exact) mass is 356 g/mol. The van der Waals surface area contributed by atoms with Crippen molar-refractivity contribution in [2.75, 3.05) is 0 Å². The summed E-state index contributed by atoms with van der Waals surface area (Å²) in [6.45, 7) is 0. The van der Waals surface area contributed by atoms with E-state index in [4.69, 9.17) is 11.6 Å². The van der Waals surface area contributed by atoms with E-state index < -0.39 is 12.1 Å². The molecule has 0 atom stereocenters. The molecule has 0 aliphatic heterocycles. The van der Waals surface area contributed by atoms with Gasteiger partial charge in [-0.2, -0.15) is 18.3 Å². The average Bonchev–Trinajstić information content (AvgIpc) is 2.94. The molecule has 3 aromatic rings. The standard InChI is InChI=1S/C15H8ClF3N2O3/c16-11-5-8(22)1-2-9(11)7-3-12-10(6-20-21-12)13(4-7)24-14(23)15(17,18)19/h1-6,22H,(H,20,21). The number of aromatic nitrogens is 2. The van der Waals surface area contributed by atoms with Crippen molar-refractivity contribution in [1.29, 1.82) is 0 Å². The van der Waals surface area contributed by atoms with Gasteiger partial charge in [0.15, 0.2) is 0 Å². The first-order valence-corrected chi connectivity index (χ1v) is 6.88. The summed E-state index contributed by atoms with van der Waals surface area (Å²) in [6, 6.07) is 6.99. The molecule has 9 heteroatoms. The van der Waals surface area contributed by atoms with E-state index in [1.54, 1.807) is 6.07 Å². The number of carbonyl (C=O) groups is 1. The van der Waals surface area contributed by atoms with Crippen LogP contribution in [0.25, 0.3) is 22.0 Å². The first-order valence-electron chi connectivity index (χ1n) is 6.51. The molecule has 0 saturated heterocycles. The van der Waals surface area contributed by atoms with Gasteiger partial charge in [-0.1, -0.05) is 11.6 Å². The van der Waals surface area contributed by atoms with E-state index in [0.29, 0.717) is 16.6 Å². The number of aromatic hydroxyl groups is 1. The first kappa shape index (κ1) is 16.1. The lowest BCUT2D eigenvalue weighted by molar-refractivity contribution is -0.189. The van der Waals surface area contributed by atoms with E-state index in [1.165, 1.54) is 30.5 Å². The number of nitrogens with one attached hydrogen (secondary N) is 1. The Balaban J connectivity index is 2.12. The Labute approximate surface area is 137 Å². The van der Waals surface area contributed by atoms with Crippen LogP contribution in [0.15, 0.2) is 36.5 Å². The second-order valence-corrected chi connectivity index (χ2v) is 5.26. The number of esters is 1. The van der Waals surface area contributed by atoms with Gasteiger partial charge in [-0.3, -0.25) is 5.10 Å². The number of H-pyrrole nitrogens is 1. The molecule has 2 N–H and O–H groups in total. The Bertz CT molecular complexity index is 937. The Morgan fingerprint density at radius 3 is 2.67 bits per heavy atom. The minimum Gasteiger partial charge on any atom is -0.508 e. The second kappa shape index (κ2) is 5.72. The second-order valence-electron chi connectivity index (χ2n) is 4.86. The molecule has 24 heavy (non-hydrogen) atoms. The summed E-state index contributed by atoms with van der Waals surface area (Å²) in [5, 5.41) is 16.1. The molecule has 0 saturated carbocycles. The molecule has 0 aliphatic rings. The fraction of sp³-hybridized carbons (Fsp3) is 0.0667. The fourth-order valence-corrected chi connectivity index (χ4v) is 2.44. The minimum atomic E-state index is -5.12. The maximum atomic E-state index is 12.4. The number of nitrogens with zero attached hydrogens (tertiary/aromatic N) is 1. The number of phenols is 1. The van der Waals surface area contributed by atoms with Gasteiger partial charge in [0.05, 0.1) is 22.1 Å². The third-order valence-electron chi connectivity index (χ3n) is 3.22. The first-order chi connectivity index (χ1) is 11.3. The zero-order valence-corrected chi connectivity index (χ0v) is 12.4. The topological polar surface area (TPSA) is 75.2 Å². The molecule has 0 radical (unpaired) electrons. The van der Waals surface area contributed by atoms with Crippen molar-refractivity contribution in [1.82, 2.24) is 10.2 Å². The van der Waals surface area contributed by atoms with Crippen molar-refractivity contribution < 1.29 is 27.8 Å². The molecule has 0 aliphatic carbocycles. The zero-order chi connectivity index (χ0) is 17.5. The molecular weight excluding hydrogens is 349 g/mol. The smallest absolute Gasteiger partial charge is 0.491 e. The summed E-state index contributed by atoms with van der Waals surface area (Å²) >= 11 is 6.05. The van der Waals surface area contributed by atoms with Gasteiger partial charge in [0.2, 0.25) is 0 Å². The number of rotatable bonds is 2. The third-order valence-corrected chi connectivity index (χ3v) is 3.53. The molecule has 0 unspecified atom stereocenters. The van der Waals surface area contributed by atoms with Crippen molar-refractivity contribution >= 4 is 28.5 Å². The fourth-order valence-electron chi connectivity index (χ4n) is 2.15. The maximum absolute atomic E-state index is 12.4. The quantitative estimate of drug-likeness (QED) is 0.536. The number of phenolic OH excluding ortho intramolecular Hbond substituents is 1. The van der Waals surface area contributed by atoms with E-state index in [-0.39, 0.29) is 21.9 Å². The van der Waals surface area contributed by atoms with Crippen molar-refractivity contribution in [2.45, 2.75) is 6.18 Å². The lowest BCUT2D eigenvalue weighted by atomic mass is 10.0. The van der Waals surface area contributed by atoms with Crippen LogP contribution < -0.4 is 4.74 Å². The van der Waals surface area contributed by atoms with Crippen LogP contribution in [0.3, 0.4) is 0 Å². The van der Waals surface area contributed by atoms with Crippen LogP contribution in [0.1, 0.15) is 0 Å². The Hall–Kier alpha value is -2.74. The highest BCUT2D eigenvalue weighted by Gasteiger charge is 2.41. The van der Waals surface area contributed by atoms with Crippen molar-refractivity contribution in [2.24, 2.45) is 0 Å². The largest absolute Gasteiger partial charge is 0.508 e. The molecule has 0 amide bonds. The van der Waals surface area contributed by atoms with Gasteiger partial charge in [0.1, 0.15) is 11.5 Å². The lowest BCUT2D eigenvalue weighted by Crippen LogP contribution is -2.28. The molecule has 1 heterocycles. The Kier molecular flexibility index (Phi) is 3.84. The molecule has 3 rings (SSSR count). The van der Waals surface area contributed by atoms with Gasteiger partial charge in [-0.25, -0.2) is 4.79 Å².